The van der Waals surface area contributed by atoms with Crippen molar-refractivity contribution in [1.29, 1.82) is 0 Å². The lowest BCUT2D eigenvalue weighted by molar-refractivity contribution is 0.00380. The third-order valence-corrected chi connectivity index (χ3v) is 7.39. The van der Waals surface area contributed by atoms with Crippen molar-refractivity contribution in [3.05, 3.63) is 54.1 Å². The molecule has 0 saturated carbocycles. The van der Waals surface area contributed by atoms with E-state index in [9.17, 15) is 16.8 Å². The van der Waals surface area contributed by atoms with Crippen molar-refractivity contribution >= 4 is 24.1 Å². The molecule has 10 heteroatoms. The summed E-state index contributed by atoms with van der Waals surface area (Å²) >= 11 is 0. The van der Waals surface area contributed by atoms with Gasteiger partial charge in [-0.25, -0.2) is 16.8 Å². The van der Waals surface area contributed by atoms with Crippen molar-refractivity contribution in [2.45, 2.75) is 9.79 Å². The molecule has 0 fully saturated rings. The van der Waals surface area contributed by atoms with Gasteiger partial charge in [0.25, 0.3) is 19.7 Å². The first-order valence-corrected chi connectivity index (χ1v) is 9.74. The van der Waals surface area contributed by atoms with E-state index in [1.54, 1.807) is 0 Å². The summed E-state index contributed by atoms with van der Waals surface area (Å²) in [7, 11) is -6.57. The molecule has 0 aliphatic heterocycles. The van der Waals surface area contributed by atoms with E-state index in [-0.39, 0.29) is 21.3 Å². The Bertz CT molecular complexity index is 975. The minimum absolute atomic E-state index is 0.206. The first-order chi connectivity index (χ1) is 11.8. The fourth-order valence-electron chi connectivity index (χ4n) is 1.99. The molecule has 0 aliphatic carbocycles. The Morgan fingerprint density at radius 1 is 0.840 bits per heavy atom. The van der Waals surface area contributed by atoms with Crippen LogP contribution in [-0.4, -0.2) is 40.2 Å². The van der Waals surface area contributed by atoms with Crippen LogP contribution in [0.1, 0.15) is 0 Å². The lowest BCUT2D eigenvalue weighted by atomic mass is 10.3. The summed E-state index contributed by atoms with van der Waals surface area (Å²) in [6, 6.07) is 10.3. The molecule has 0 unspecified atom stereocenters. The molecule has 0 aliphatic rings. The molecule has 0 amide bonds. The van der Waals surface area contributed by atoms with Crippen molar-refractivity contribution in [2.24, 2.45) is 0 Å². The minimum atomic E-state index is -4.62. The van der Waals surface area contributed by atoms with Gasteiger partial charge in [-0.1, -0.05) is 12.1 Å². The zero-order chi connectivity index (χ0) is 18.7. The highest BCUT2D eigenvalue weighted by Crippen LogP contribution is 2.25. The smallest absolute Gasteiger partial charge is 0.497 e. The van der Waals surface area contributed by atoms with Crippen molar-refractivity contribution < 1.29 is 31.1 Å². The Morgan fingerprint density at radius 2 is 1.24 bits per heavy atom. The largest absolute Gasteiger partial charge is 0.504 e. The molecule has 0 bridgehead atoms. The molecule has 2 aromatic carbocycles. The van der Waals surface area contributed by atoms with E-state index >= 15 is 0 Å². The summed E-state index contributed by atoms with van der Waals surface area (Å²) in [4.78, 5) is 1.79. The number of sulfone groups is 2. The van der Waals surface area contributed by atoms with Gasteiger partial charge in [0, 0.05) is 0 Å². The summed E-state index contributed by atoms with van der Waals surface area (Å²) in [6.07, 6.45) is 0. The predicted molar refractivity (Wildman–Crippen MR) is 89.0 cm³/mol. The second-order valence-corrected chi connectivity index (χ2v) is 8.72. The van der Waals surface area contributed by atoms with E-state index in [2.05, 4.69) is 4.79 Å². The standard InChI is InChI=1S/C15H14N2O6S2/c1-22-11-5-3-7-13(9-11)24(18,19)15(17-16)25(20,21)14-8-4-6-12(10-14)23-2/h3-10H,1-2H3. The first kappa shape index (κ1) is 18.7. The third kappa shape index (κ3) is 3.55. The van der Waals surface area contributed by atoms with Gasteiger partial charge in [0.15, 0.2) is 0 Å². The molecule has 2 aromatic rings. The molecular formula is C15H14N2O6S2. The highest BCUT2D eigenvalue weighted by molar-refractivity contribution is 8.31. The van der Waals surface area contributed by atoms with Gasteiger partial charge in [0.2, 0.25) is 0 Å². The van der Waals surface area contributed by atoms with Crippen molar-refractivity contribution in [1.82, 2.24) is 0 Å². The number of nitrogens with zero attached hydrogens (tertiary/aromatic N) is 2. The molecule has 2 rings (SSSR count). The fraction of sp³-hybridized carbons (Fsp3) is 0.133. The molecule has 25 heavy (non-hydrogen) atoms. The van der Waals surface area contributed by atoms with Crippen molar-refractivity contribution in [3.8, 4) is 11.5 Å². The SMILES string of the molecule is COc1cccc(S(=O)(=O)C(=[N+]=[N-])S(=O)(=O)c2cccc(OC)c2)c1. The highest BCUT2D eigenvalue weighted by atomic mass is 32.3. The van der Waals surface area contributed by atoms with E-state index in [4.69, 9.17) is 15.0 Å². The average molecular weight is 382 g/mol. The lowest BCUT2D eigenvalue weighted by Crippen LogP contribution is -2.26. The first-order valence-electron chi connectivity index (χ1n) is 6.77. The molecule has 0 N–H and O–H groups in total. The molecule has 8 nitrogen and oxygen atoms in total. The van der Waals surface area contributed by atoms with Crippen LogP contribution in [0.15, 0.2) is 58.3 Å². The van der Waals surface area contributed by atoms with Crippen LogP contribution >= 0.6 is 0 Å². The Hall–Kier alpha value is -2.68. The maximum Gasteiger partial charge on any atom is 0.504 e. The van der Waals surface area contributed by atoms with Crippen LogP contribution in [0.5, 0.6) is 11.5 Å². The van der Waals surface area contributed by atoms with E-state index < -0.39 is 24.1 Å². The Kier molecular flexibility index (Phi) is 5.27. The number of hydrogen-bond acceptors (Lipinski definition) is 6. The Balaban J connectivity index is 2.63. The van der Waals surface area contributed by atoms with Crippen LogP contribution in [0.25, 0.3) is 5.53 Å². The summed E-state index contributed by atoms with van der Waals surface area (Å²) in [5.74, 6) is 0.411. The van der Waals surface area contributed by atoms with E-state index in [0.717, 1.165) is 12.1 Å². The molecule has 0 atom stereocenters. The molecule has 0 spiro atoms. The molecule has 0 saturated heterocycles. The normalized spacial score (nSPS) is 11.4. The van der Waals surface area contributed by atoms with E-state index in [1.165, 1.54) is 50.6 Å². The molecule has 0 heterocycles. The van der Waals surface area contributed by atoms with Crippen LogP contribution in [0, 0.1) is 0 Å². The van der Waals surface area contributed by atoms with Gasteiger partial charge in [-0.15, -0.1) is 4.79 Å². The van der Waals surface area contributed by atoms with Crippen LogP contribution in [0.2, 0.25) is 0 Å². The van der Waals surface area contributed by atoms with Gasteiger partial charge < -0.3 is 15.0 Å². The maximum atomic E-state index is 12.6. The van der Waals surface area contributed by atoms with E-state index in [1.807, 2.05) is 0 Å². The summed E-state index contributed by atoms with van der Waals surface area (Å²) < 4.78 is 59.1. The van der Waals surface area contributed by atoms with Crippen LogP contribution in [0.3, 0.4) is 0 Å². The minimum Gasteiger partial charge on any atom is -0.497 e. The van der Waals surface area contributed by atoms with Crippen LogP contribution in [0.4, 0.5) is 0 Å². The number of methoxy groups -OCH3 is 2. The number of ether oxygens (including phenoxy) is 2. The summed E-state index contributed by atoms with van der Waals surface area (Å²) in [5.41, 5.74) is 9.14. The Labute approximate surface area is 145 Å². The second kappa shape index (κ2) is 7.06. The van der Waals surface area contributed by atoms with Gasteiger partial charge in [-0.3, -0.25) is 0 Å². The molecule has 0 aromatic heterocycles. The fourth-order valence-corrected chi connectivity index (χ4v) is 5.40. The van der Waals surface area contributed by atoms with Crippen molar-refractivity contribution in [3.63, 3.8) is 0 Å². The zero-order valence-corrected chi connectivity index (χ0v) is 14.9. The molecule has 0 radical (unpaired) electrons. The predicted octanol–water partition coefficient (Wildman–Crippen LogP) is 1.54. The number of hydrogen-bond donors (Lipinski definition) is 0. The average Bonchev–Trinajstić information content (AvgIpc) is 2.62. The quantitative estimate of drug-likeness (QED) is 0.342. The highest BCUT2D eigenvalue weighted by Gasteiger charge is 2.44. The van der Waals surface area contributed by atoms with E-state index in [0.29, 0.717) is 0 Å². The molecule has 132 valence electrons. The van der Waals surface area contributed by atoms with Gasteiger partial charge in [0.05, 0.1) is 24.0 Å². The van der Waals surface area contributed by atoms with Gasteiger partial charge in [-0.05, 0) is 36.4 Å². The van der Waals surface area contributed by atoms with Crippen LogP contribution < -0.4 is 9.47 Å². The topological polar surface area (TPSA) is 123 Å². The zero-order valence-electron chi connectivity index (χ0n) is 13.3. The van der Waals surface area contributed by atoms with Gasteiger partial charge in [0.1, 0.15) is 11.5 Å². The van der Waals surface area contributed by atoms with Crippen molar-refractivity contribution in [2.75, 3.05) is 14.2 Å². The van der Waals surface area contributed by atoms with Crippen LogP contribution in [-0.2, 0) is 19.7 Å². The van der Waals surface area contributed by atoms with Gasteiger partial charge >= 0.3 is 4.38 Å². The maximum absolute atomic E-state index is 12.6. The summed E-state index contributed by atoms with van der Waals surface area (Å²) in [6.45, 7) is 0. The number of rotatable bonds is 4. The molecular weight excluding hydrogens is 368 g/mol. The monoisotopic (exact) mass is 382 g/mol. The second-order valence-electron chi connectivity index (χ2n) is 4.73. The summed E-state index contributed by atoms with van der Waals surface area (Å²) in [5, 5.41) is 0. The number of benzene rings is 2. The lowest BCUT2D eigenvalue weighted by Gasteiger charge is -2.05. The Morgan fingerprint density at radius 3 is 1.56 bits per heavy atom. The third-order valence-electron chi connectivity index (χ3n) is 3.24. The van der Waals surface area contributed by atoms with Gasteiger partial charge in [-0.2, -0.15) is 0 Å².